The van der Waals surface area contributed by atoms with E-state index in [1.807, 2.05) is 0 Å². The summed E-state index contributed by atoms with van der Waals surface area (Å²) in [7, 11) is 0. The van der Waals surface area contributed by atoms with E-state index in [-0.39, 0.29) is 53.2 Å². The Morgan fingerprint density at radius 3 is 1.38 bits per heavy atom. The van der Waals surface area contributed by atoms with Crippen molar-refractivity contribution in [2.75, 3.05) is 26.4 Å². The van der Waals surface area contributed by atoms with Crippen molar-refractivity contribution < 1.29 is 27.7 Å². The molecular formula is C23H48CaO5. The fourth-order valence-electron chi connectivity index (χ4n) is 3.23. The Balaban J connectivity index is -0.00000121. The van der Waals surface area contributed by atoms with Gasteiger partial charge in [0.15, 0.2) is 0 Å². The van der Waals surface area contributed by atoms with Gasteiger partial charge in [-0.15, -0.1) is 0 Å². The van der Waals surface area contributed by atoms with Crippen LogP contribution in [-0.4, -0.2) is 85.5 Å². The maximum absolute atomic E-state index is 11.7. The molecule has 0 fully saturated rings. The Morgan fingerprint density at radius 1 is 0.690 bits per heavy atom. The van der Waals surface area contributed by atoms with E-state index in [1.54, 1.807) is 0 Å². The van der Waals surface area contributed by atoms with Gasteiger partial charge in [0.05, 0.1) is 25.2 Å². The molecule has 0 spiro atoms. The van der Waals surface area contributed by atoms with Crippen molar-refractivity contribution in [2.24, 2.45) is 5.41 Å². The number of carbonyl (C=O) groups excluding carboxylic acids is 1. The maximum atomic E-state index is 11.7. The molecule has 172 valence electrons. The molecule has 0 amide bonds. The van der Waals surface area contributed by atoms with Gasteiger partial charge in [0.25, 0.3) is 0 Å². The molecule has 0 aliphatic rings. The van der Waals surface area contributed by atoms with E-state index in [1.165, 1.54) is 77.0 Å². The first-order valence-electron chi connectivity index (χ1n) is 11.6. The van der Waals surface area contributed by atoms with Crippen molar-refractivity contribution in [1.82, 2.24) is 0 Å². The van der Waals surface area contributed by atoms with E-state index in [2.05, 4.69) is 6.92 Å². The third kappa shape index (κ3) is 19.1. The molecule has 0 heterocycles. The van der Waals surface area contributed by atoms with Crippen molar-refractivity contribution in [3.8, 4) is 0 Å². The quantitative estimate of drug-likeness (QED) is 0.137. The van der Waals surface area contributed by atoms with Crippen molar-refractivity contribution in [3.05, 3.63) is 0 Å². The zero-order chi connectivity index (χ0) is 20.9. The second-order valence-corrected chi connectivity index (χ2v) is 8.33. The normalized spacial score (nSPS) is 11.3. The van der Waals surface area contributed by atoms with Crippen LogP contribution in [0.5, 0.6) is 0 Å². The Labute approximate surface area is 212 Å². The van der Waals surface area contributed by atoms with Gasteiger partial charge in [0.2, 0.25) is 0 Å². The van der Waals surface area contributed by atoms with Gasteiger partial charge in [-0.1, -0.05) is 96.8 Å². The molecule has 0 saturated heterocycles. The average Bonchev–Trinajstić information content (AvgIpc) is 2.72. The number of hydrogen-bond donors (Lipinski definition) is 3. The van der Waals surface area contributed by atoms with Gasteiger partial charge in [-0.2, -0.15) is 0 Å². The molecule has 6 heteroatoms. The molecule has 0 aromatic carbocycles. The predicted molar refractivity (Wildman–Crippen MR) is 122 cm³/mol. The summed E-state index contributed by atoms with van der Waals surface area (Å²) in [6.07, 6.45) is 19.6. The number of rotatable bonds is 21. The van der Waals surface area contributed by atoms with Crippen LogP contribution in [0.2, 0.25) is 0 Å². The predicted octanol–water partition coefficient (Wildman–Crippen LogP) is 4.60. The van der Waals surface area contributed by atoms with Crippen LogP contribution in [-0.2, 0) is 9.53 Å². The fraction of sp³-hybridized carbons (Fsp3) is 0.957. The number of carbonyl (C=O) groups is 1. The minimum Gasteiger partial charge on any atom is -1.00 e. The van der Waals surface area contributed by atoms with Gasteiger partial charge in [0, 0.05) is 6.42 Å². The van der Waals surface area contributed by atoms with Crippen LogP contribution >= 0.6 is 0 Å². The van der Waals surface area contributed by atoms with Crippen molar-refractivity contribution in [2.45, 2.75) is 110 Å². The molecule has 3 N–H and O–H groups in total. The number of unbranched alkanes of at least 4 members (excludes halogenated alkanes) is 14. The first-order chi connectivity index (χ1) is 13.6. The van der Waals surface area contributed by atoms with Gasteiger partial charge < -0.3 is 22.9 Å². The van der Waals surface area contributed by atoms with E-state index >= 15 is 0 Å². The monoisotopic (exact) mass is 444 g/mol. The van der Waals surface area contributed by atoms with E-state index in [0.29, 0.717) is 6.42 Å². The van der Waals surface area contributed by atoms with Crippen LogP contribution in [0.4, 0.5) is 0 Å². The van der Waals surface area contributed by atoms with E-state index < -0.39 is 25.2 Å². The first-order valence-corrected chi connectivity index (χ1v) is 11.6. The van der Waals surface area contributed by atoms with Crippen molar-refractivity contribution in [3.63, 3.8) is 0 Å². The summed E-state index contributed by atoms with van der Waals surface area (Å²) < 4.78 is 5.08. The summed E-state index contributed by atoms with van der Waals surface area (Å²) in [4.78, 5) is 11.7. The van der Waals surface area contributed by atoms with Gasteiger partial charge in [-0.05, 0) is 6.42 Å². The molecule has 0 bridgehead atoms. The molecule has 0 saturated carbocycles. The number of aliphatic hydroxyl groups excluding tert-OH is 3. The summed E-state index contributed by atoms with van der Waals surface area (Å²) in [5.41, 5.74) is -1.13. The SMILES string of the molecule is CCCCCCCCCCCCCCCCCC(=O)OCC(CO)(CO)CO.[Ca+2].[H-].[H-]. The third-order valence-corrected chi connectivity index (χ3v) is 5.53. The third-order valence-electron chi connectivity index (χ3n) is 5.53. The Bertz CT molecular complexity index is 351. The minimum absolute atomic E-state index is 0. The molecular weight excluding hydrogens is 396 g/mol. The second-order valence-electron chi connectivity index (χ2n) is 8.33. The Morgan fingerprint density at radius 2 is 1.03 bits per heavy atom. The largest absolute Gasteiger partial charge is 2.00 e. The van der Waals surface area contributed by atoms with Crippen LogP contribution < -0.4 is 0 Å². The van der Waals surface area contributed by atoms with Crippen LogP contribution in [0, 0.1) is 5.41 Å². The van der Waals surface area contributed by atoms with E-state index in [0.717, 1.165) is 19.3 Å². The van der Waals surface area contributed by atoms with Gasteiger partial charge in [-0.25, -0.2) is 0 Å². The zero-order valence-corrected chi connectivity index (χ0v) is 21.2. The van der Waals surface area contributed by atoms with Crippen LogP contribution in [0.15, 0.2) is 0 Å². The van der Waals surface area contributed by atoms with E-state index in [4.69, 9.17) is 4.74 Å². The zero-order valence-electron chi connectivity index (χ0n) is 21.0. The summed E-state index contributed by atoms with van der Waals surface area (Å²) in [6, 6.07) is 0. The molecule has 0 aliphatic heterocycles. The molecule has 0 radical (unpaired) electrons. The minimum atomic E-state index is -1.13. The average molecular weight is 445 g/mol. The molecule has 29 heavy (non-hydrogen) atoms. The number of ether oxygens (including phenoxy) is 1. The molecule has 5 nitrogen and oxygen atoms in total. The number of hydrogen-bond acceptors (Lipinski definition) is 5. The molecule has 0 rings (SSSR count). The summed E-state index contributed by atoms with van der Waals surface area (Å²) in [6.45, 7) is 0.884. The molecule has 0 aliphatic carbocycles. The van der Waals surface area contributed by atoms with Crippen molar-refractivity contribution in [1.29, 1.82) is 0 Å². The van der Waals surface area contributed by atoms with Crippen LogP contribution in [0.3, 0.4) is 0 Å². The maximum Gasteiger partial charge on any atom is 2.00 e. The molecule has 0 unspecified atom stereocenters. The number of aliphatic hydroxyl groups is 3. The summed E-state index contributed by atoms with van der Waals surface area (Å²) in [5.74, 6) is -0.325. The Hall–Kier alpha value is 0.610. The van der Waals surface area contributed by atoms with Crippen molar-refractivity contribution >= 4 is 43.7 Å². The smallest absolute Gasteiger partial charge is 1.00 e. The standard InChI is InChI=1S/C23H46O5.Ca.2H/c1-2-3-4-5-6-7-8-9-10-11-12-13-14-15-16-17-22(27)28-21-23(18-24,19-25)20-26;;;/h24-26H,2-21H2,1H3;;;/q;+2;2*-1. The number of esters is 1. The summed E-state index contributed by atoms with van der Waals surface area (Å²) >= 11 is 0. The van der Waals surface area contributed by atoms with E-state index in [9.17, 15) is 20.1 Å². The van der Waals surface area contributed by atoms with Gasteiger partial charge in [0.1, 0.15) is 6.61 Å². The Kier molecular flexibility index (Phi) is 25.5. The second kappa shape index (κ2) is 23.3. The summed E-state index contributed by atoms with van der Waals surface area (Å²) in [5, 5.41) is 27.6. The molecule has 0 aromatic rings. The van der Waals surface area contributed by atoms with Crippen LogP contribution in [0.25, 0.3) is 0 Å². The van der Waals surface area contributed by atoms with Gasteiger partial charge >= 0.3 is 43.7 Å². The fourth-order valence-corrected chi connectivity index (χ4v) is 3.23. The van der Waals surface area contributed by atoms with Crippen LogP contribution in [0.1, 0.15) is 113 Å². The topological polar surface area (TPSA) is 87.0 Å². The van der Waals surface area contributed by atoms with Gasteiger partial charge in [-0.3, -0.25) is 4.79 Å². The first kappa shape index (κ1) is 31.8. The molecule has 0 atom stereocenters. The molecule has 0 aromatic heterocycles.